The predicted molar refractivity (Wildman–Crippen MR) is 64.0 cm³/mol. The monoisotopic (exact) mass is 241 g/mol. The van der Waals surface area contributed by atoms with Crippen LogP contribution in [0.5, 0.6) is 0 Å². The topological polar surface area (TPSA) is 38.2 Å². The Balaban J connectivity index is 2.17. The molecular formula is C11H16ClN3O. The zero-order valence-corrected chi connectivity index (χ0v) is 10.4. The third-order valence-corrected chi connectivity index (χ3v) is 3.02. The fourth-order valence-electron chi connectivity index (χ4n) is 1.76. The van der Waals surface area contributed by atoms with Gasteiger partial charge in [-0.25, -0.2) is 9.97 Å². The number of hydrogen-bond donors (Lipinski definition) is 0. The summed E-state index contributed by atoms with van der Waals surface area (Å²) >= 11 is 5.78. The fraction of sp³-hybridized carbons (Fsp3) is 0.636. The Morgan fingerprint density at radius 3 is 3.06 bits per heavy atom. The normalized spacial score (nSPS) is 21.2. The molecular weight excluding hydrogens is 226 g/mol. The van der Waals surface area contributed by atoms with Gasteiger partial charge in [-0.15, -0.1) is 11.6 Å². The molecule has 0 amide bonds. The van der Waals surface area contributed by atoms with Crippen LogP contribution in [-0.4, -0.2) is 35.8 Å². The fourth-order valence-corrected chi connectivity index (χ4v) is 2.03. The smallest absolute Gasteiger partial charge is 0.225 e. The summed E-state index contributed by atoms with van der Waals surface area (Å²) in [4.78, 5) is 11.0. The molecule has 1 fully saturated rings. The lowest BCUT2D eigenvalue weighted by Gasteiger charge is -2.31. The number of aromatic nitrogens is 2. The maximum atomic E-state index is 5.78. The maximum absolute atomic E-state index is 5.78. The van der Waals surface area contributed by atoms with Gasteiger partial charge in [-0.2, -0.15) is 0 Å². The van der Waals surface area contributed by atoms with E-state index in [1.807, 2.05) is 13.1 Å². The summed E-state index contributed by atoms with van der Waals surface area (Å²) in [5.74, 6) is 1.24. The first-order valence-electron chi connectivity index (χ1n) is 5.45. The van der Waals surface area contributed by atoms with Gasteiger partial charge in [0.15, 0.2) is 0 Å². The highest BCUT2D eigenvalue weighted by molar-refractivity contribution is 6.17. The van der Waals surface area contributed by atoms with Gasteiger partial charge in [0.1, 0.15) is 0 Å². The molecule has 1 saturated heterocycles. The lowest BCUT2D eigenvalue weighted by Crippen LogP contribution is -2.42. The van der Waals surface area contributed by atoms with E-state index >= 15 is 0 Å². The Morgan fingerprint density at radius 2 is 2.44 bits per heavy atom. The average molecular weight is 242 g/mol. The lowest BCUT2D eigenvalue weighted by atomic mass is 10.3. The van der Waals surface area contributed by atoms with E-state index in [9.17, 15) is 0 Å². The molecule has 0 spiro atoms. The van der Waals surface area contributed by atoms with Gasteiger partial charge in [0.25, 0.3) is 0 Å². The van der Waals surface area contributed by atoms with Crippen molar-refractivity contribution < 1.29 is 4.74 Å². The van der Waals surface area contributed by atoms with Crippen LogP contribution in [0.3, 0.4) is 0 Å². The number of aryl methyl sites for hydroxylation is 1. The minimum atomic E-state index is 0.241. The number of morpholine rings is 1. The number of hydrogen-bond acceptors (Lipinski definition) is 4. The van der Waals surface area contributed by atoms with Crippen molar-refractivity contribution in [3.05, 3.63) is 17.5 Å². The van der Waals surface area contributed by atoms with Gasteiger partial charge in [0.2, 0.25) is 5.95 Å². The minimum absolute atomic E-state index is 0.241. The van der Waals surface area contributed by atoms with Crippen LogP contribution in [0.15, 0.2) is 6.20 Å². The van der Waals surface area contributed by atoms with Crippen LogP contribution < -0.4 is 4.90 Å². The van der Waals surface area contributed by atoms with Crippen molar-refractivity contribution in [3.63, 3.8) is 0 Å². The highest BCUT2D eigenvalue weighted by Crippen LogP contribution is 2.15. The molecule has 1 atom stereocenters. The van der Waals surface area contributed by atoms with Gasteiger partial charge in [-0.05, 0) is 13.8 Å². The van der Waals surface area contributed by atoms with Crippen LogP contribution in [0, 0.1) is 6.92 Å². The van der Waals surface area contributed by atoms with Gasteiger partial charge < -0.3 is 9.64 Å². The quantitative estimate of drug-likeness (QED) is 0.740. The zero-order chi connectivity index (χ0) is 11.5. The molecule has 1 unspecified atom stereocenters. The first-order chi connectivity index (χ1) is 7.70. The second-order valence-corrected chi connectivity index (χ2v) is 4.31. The summed E-state index contributed by atoms with van der Waals surface area (Å²) < 4.78 is 5.49. The largest absolute Gasteiger partial charge is 0.375 e. The van der Waals surface area contributed by atoms with E-state index < -0.39 is 0 Å². The molecule has 16 heavy (non-hydrogen) atoms. The highest BCUT2D eigenvalue weighted by atomic mass is 35.5. The van der Waals surface area contributed by atoms with Crippen LogP contribution in [0.25, 0.3) is 0 Å². The number of anilines is 1. The molecule has 0 N–H and O–H groups in total. The van der Waals surface area contributed by atoms with Gasteiger partial charge in [0.05, 0.1) is 18.6 Å². The molecule has 0 bridgehead atoms. The van der Waals surface area contributed by atoms with E-state index in [0.29, 0.717) is 5.88 Å². The summed E-state index contributed by atoms with van der Waals surface area (Å²) in [7, 11) is 0. The van der Waals surface area contributed by atoms with Crippen molar-refractivity contribution in [2.75, 3.05) is 24.6 Å². The molecule has 1 aliphatic heterocycles. The molecule has 5 heteroatoms. The average Bonchev–Trinajstić information content (AvgIpc) is 2.29. The van der Waals surface area contributed by atoms with E-state index in [1.165, 1.54) is 0 Å². The second-order valence-electron chi connectivity index (χ2n) is 4.04. The molecule has 1 aliphatic rings. The molecule has 0 radical (unpaired) electrons. The van der Waals surface area contributed by atoms with E-state index in [0.717, 1.165) is 36.9 Å². The summed E-state index contributed by atoms with van der Waals surface area (Å²) in [6.45, 7) is 6.46. The van der Waals surface area contributed by atoms with Gasteiger partial charge in [-0.1, -0.05) is 0 Å². The Morgan fingerprint density at radius 1 is 1.62 bits per heavy atom. The Labute approximate surface area is 101 Å². The summed E-state index contributed by atoms with van der Waals surface area (Å²) in [6.07, 6.45) is 2.05. The summed E-state index contributed by atoms with van der Waals surface area (Å²) in [6, 6.07) is 0. The van der Waals surface area contributed by atoms with Gasteiger partial charge in [0, 0.05) is 30.5 Å². The molecule has 2 rings (SSSR count). The molecule has 4 nitrogen and oxygen atoms in total. The molecule has 1 aromatic heterocycles. The van der Waals surface area contributed by atoms with Crippen molar-refractivity contribution in [2.45, 2.75) is 25.8 Å². The first-order valence-corrected chi connectivity index (χ1v) is 5.99. The van der Waals surface area contributed by atoms with Crippen LogP contribution in [0.2, 0.25) is 0 Å². The first kappa shape index (κ1) is 11.6. The van der Waals surface area contributed by atoms with Crippen molar-refractivity contribution in [1.82, 2.24) is 9.97 Å². The Kier molecular flexibility index (Phi) is 3.61. The van der Waals surface area contributed by atoms with E-state index in [-0.39, 0.29) is 6.10 Å². The van der Waals surface area contributed by atoms with Crippen LogP contribution in [-0.2, 0) is 10.6 Å². The number of alkyl halides is 1. The third kappa shape index (κ3) is 2.44. The van der Waals surface area contributed by atoms with Crippen molar-refractivity contribution >= 4 is 17.5 Å². The Bertz CT molecular complexity index is 372. The molecule has 2 heterocycles. The van der Waals surface area contributed by atoms with E-state index in [2.05, 4.69) is 21.8 Å². The zero-order valence-electron chi connectivity index (χ0n) is 9.61. The number of rotatable bonds is 2. The van der Waals surface area contributed by atoms with Crippen molar-refractivity contribution in [1.29, 1.82) is 0 Å². The highest BCUT2D eigenvalue weighted by Gasteiger charge is 2.19. The summed E-state index contributed by atoms with van der Waals surface area (Å²) in [5.41, 5.74) is 1.95. The maximum Gasteiger partial charge on any atom is 0.225 e. The van der Waals surface area contributed by atoms with Crippen molar-refractivity contribution in [3.8, 4) is 0 Å². The summed E-state index contributed by atoms with van der Waals surface area (Å²) in [5, 5.41) is 0. The van der Waals surface area contributed by atoms with E-state index in [1.54, 1.807) is 0 Å². The molecule has 1 aromatic rings. The van der Waals surface area contributed by atoms with Crippen LogP contribution in [0.4, 0.5) is 5.95 Å². The second kappa shape index (κ2) is 4.97. The van der Waals surface area contributed by atoms with Crippen molar-refractivity contribution in [2.24, 2.45) is 0 Å². The van der Waals surface area contributed by atoms with Gasteiger partial charge in [-0.3, -0.25) is 0 Å². The minimum Gasteiger partial charge on any atom is -0.375 e. The molecule has 0 aromatic carbocycles. The molecule has 88 valence electrons. The lowest BCUT2D eigenvalue weighted by molar-refractivity contribution is 0.0526. The van der Waals surface area contributed by atoms with Gasteiger partial charge >= 0.3 is 0 Å². The van der Waals surface area contributed by atoms with E-state index in [4.69, 9.17) is 16.3 Å². The standard InChI is InChI=1S/C11H16ClN3O/c1-8-7-15(3-4-16-8)11-13-6-10(5-12)9(2)14-11/h6,8H,3-5,7H2,1-2H3. The molecule has 0 aliphatic carbocycles. The number of halogens is 1. The SMILES string of the molecule is Cc1nc(N2CCOC(C)C2)ncc1CCl. The Hall–Kier alpha value is -0.870. The third-order valence-electron chi connectivity index (χ3n) is 2.74. The predicted octanol–water partition coefficient (Wildman–Crippen LogP) is 1.75. The molecule has 0 saturated carbocycles. The number of ether oxygens (including phenoxy) is 1. The van der Waals surface area contributed by atoms with Crippen LogP contribution in [0.1, 0.15) is 18.2 Å². The van der Waals surface area contributed by atoms with Crippen LogP contribution >= 0.6 is 11.6 Å². The number of nitrogens with zero attached hydrogens (tertiary/aromatic N) is 3.